The van der Waals surface area contributed by atoms with E-state index in [-0.39, 0.29) is 5.56 Å². The summed E-state index contributed by atoms with van der Waals surface area (Å²) in [5.41, 5.74) is 2.94. The fraction of sp³-hybridized carbons (Fsp3) is 0.200. The highest BCUT2D eigenvalue weighted by Crippen LogP contribution is 2.28. The summed E-state index contributed by atoms with van der Waals surface area (Å²) < 4.78 is 7.10. The Balaban J connectivity index is 2.73. The van der Waals surface area contributed by atoms with Crippen LogP contribution in [0.1, 0.15) is 32.1 Å². The van der Waals surface area contributed by atoms with Crippen LogP contribution >= 0.6 is 0 Å². The molecule has 0 radical (unpaired) electrons. The van der Waals surface area contributed by atoms with Crippen molar-refractivity contribution in [3.05, 3.63) is 46.8 Å². The van der Waals surface area contributed by atoms with Crippen LogP contribution in [-0.4, -0.2) is 29.0 Å². The Labute approximate surface area is 116 Å². The molecule has 5 nitrogen and oxygen atoms in total. The summed E-state index contributed by atoms with van der Waals surface area (Å²) in [6, 6.07) is 6.39. The second kappa shape index (κ2) is 5.21. The minimum absolute atomic E-state index is 0.168. The molecule has 0 atom stereocenters. The molecule has 1 aromatic heterocycles. The number of methoxy groups -OCH3 is 1. The molecule has 0 saturated heterocycles. The highest BCUT2D eigenvalue weighted by atomic mass is 16.5. The summed E-state index contributed by atoms with van der Waals surface area (Å²) in [4.78, 5) is 22.1. The molecule has 1 aromatic carbocycles. The lowest BCUT2D eigenvalue weighted by atomic mass is 10.1. The average molecular weight is 273 g/mol. The molecule has 0 aliphatic rings. The van der Waals surface area contributed by atoms with Gasteiger partial charge in [-0.05, 0) is 38.1 Å². The topological polar surface area (TPSA) is 68.5 Å². The Kier molecular flexibility index (Phi) is 3.61. The van der Waals surface area contributed by atoms with Gasteiger partial charge in [0.05, 0.1) is 18.4 Å². The number of aryl methyl sites for hydroxylation is 1. The van der Waals surface area contributed by atoms with Crippen molar-refractivity contribution in [2.24, 2.45) is 0 Å². The predicted octanol–water partition coefficient (Wildman–Crippen LogP) is 2.61. The number of hydrogen-bond acceptors (Lipinski definition) is 3. The fourth-order valence-corrected chi connectivity index (χ4v) is 2.28. The second-order valence-corrected chi connectivity index (χ2v) is 4.47. The minimum atomic E-state index is -1.01. The average Bonchev–Trinajstić information content (AvgIpc) is 2.72. The molecule has 1 heterocycles. The van der Waals surface area contributed by atoms with Crippen LogP contribution in [0.5, 0.6) is 5.75 Å². The first-order valence-corrected chi connectivity index (χ1v) is 6.05. The number of ether oxygens (including phenoxy) is 1. The van der Waals surface area contributed by atoms with Gasteiger partial charge in [-0.2, -0.15) is 0 Å². The van der Waals surface area contributed by atoms with Gasteiger partial charge in [0.15, 0.2) is 6.29 Å². The van der Waals surface area contributed by atoms with Crippen LogP contribution in [0.15, 0.2) is 24.3 Å². The van der Waals surface area contributed by atoms with Crippen LogP contribution in [0, 0.1) is 13.8 Å². The fourth-order valence-electron chi connectivity index (χ4n) is 2.28. The Morgan fingerprint density at radius 2 is 2.00 bits per heavy atom. The Morgan fingerprint density at radius 3 is 2.50 bits per heavy atom. The highest BCUT2D eigenvalue weighted by Gasteiger charge is 2.16. The van der Waals surface area contributed by atoms with E-state index in [1.807, 2.05) is 18.4 Å². The van der Waals surface area contributed by atoms with Crippen molar-refractivity contribution in [2.75, 3.05) is 7.11 Å². The summed E-state index contributed by atoms with van der Waals surface area (Å²) >= 11 is 0. The number of nitrogens with zero attached hydrogens (tertiary/aromatic N) is 1. The first-order chi connectivity index (χ1) is 9.49. The van der Waals surface area contributed by atoms with Gasteiger partial charge in [-0.15, -0.1) is 0 Å². The molecular formula is C15H15NO4. The number of hydrogen-bond donors (Lipinski definition) is 1. The molecule has 0 unspecified atom stereocenters. The van der Waals surface area contributed by atoms with Crippen molar-refractivity contribution in [3.63, 3.8) is 0 Å². The van der Waals surface area contributed by atoms with Crippen molar-refractivity contribution in [3.8, 4) is 11.4 Å². The van der Waals surface area contributed by atoms with Gasteiger partial charge in [-0.1, -0.05) is 0 Å². The summed E-state index contributed by atoms with van der Waals surface area (Å²) in [6.07, 6.45) is 0.784. The van der Waals surface area contributed by atoms with Crippen LogP contribution in [0.4, 0.5) is 0 Å². The second-order valence-electron chi connectivity index (χ2n) is 4.47. The first-order valence-electron chi connectivity index (χ1n) is 6.05. The highest BCUT2D eigenvalue weighted by molar-refractivity contribution is 5.89. The maximum atomic E-state index is 11.1. The van der Waals surface area contributed by atoms with E-state index < -0.39 is 5.97 Å². The monoisotopic (exact) mass is 273 g/mol. The first kappa shape index (κ1) is 13.9. The molecule has 0 saturated carbocycles. The Hall–Kier alpha value is -2.56. The maximum absolute atomic E-state index is 11.1. The van der Waals surface area contributed by atoms with Gasteiger partial charge < -0.3 is 14.4 Å². The van der Waals surface area contributed by atoms with Gasteiger partial charge in [0.2, 0.25) is 0 Å². The molecular weight excluding hydrogens is 258 g/mol. The lowest BCUT2D eigenvalue weighted by Gasteiger charge is -2.14. The number of aromatic nitrogens is 1. The Bertz CT molecular complexity index is 685. The molecule has 5 heteroatoms. The van der Waals surface area contributed by atoms with E-state index in [0.717, 1.165) is 17.7 Å². The van der Waals surface area contributed by atoms with E-state index in [4.69, 9.17) is 9.84 Å². The van der Waals surface area contributed by atoms with Crippen LogP contribution in [0.3, 0.4) is 0 Å². The summed E-state index contributed by atoms with van der Waals surface area (Å²) in [5, 5.41) is 9.10. The third-order valence-corrected chi connectivity index (χ3v) is 3.26. The largest absolute Gasteiger partial charge is 0.495 e. The summed E-state index contributed by atoms with van der Waals surface area (Å²) in [5.74, 6) is -0.457. The third kappa shape index (κ3) is 2.18. The van der Waals surface area contributed by atoms with E-state index in [0.29, 0.717) is 17.0 Å². The van der Waals surface area contributed by atoms with Crippen molar-refractivity contribution >= 4 is 12.3 Å². The van der Waals surface area contributed by atoms with Crippen molar-refractivity contribution in [1.82, 2.24) is 4.57 Å². The SMILES string of the molecule is COc1ccc(C(=O)O)cc1-n1c(C)cc(C=O)c1C. The molecule has 0 spiro atoms. The van der Waals surface area contributed by atoms with Gasteiger partial charge in [0.1, 0.15) is 5.75 Å². The minimum Gasteiger partial charge on any atom is -0.495 e. The van der Waals surface area contributed by atoms with Gasteiger partial charge >= 0.3 is 5.97 Å². The number of carbonyl (C=O) groups excluding carboxylic acids is 1. The molecule has 1 N–H and O–H groups in total. The van der Waals surface area contributed by atoms with Gasteiger partial charge in [-0.25, -0.2) is 4.79 Å². The molecule has 104 valence electrons. The normalized spacial score (nSPS) is 10.3. The predicted molar refractivity (Wildman–Crippen MR) is 74.1 cm³/mol. The molecule has 0 aliphatic heterocycles. The lowest BCUT2D eigenvalue weighted by molar-refractivity contribution is 0.0696. The van der Waals surface area contributed by atoms with Crippen LogP contribution in [0.2, 0.25) is 0 Å². The molecule has 0 aliphatic carbocycles. The quantitative estimate of drug-likeness (QED) is 0.869. The van der Waals surface area contributed by atoms with Crippen LogP contribution in [0.25, 0.3) is 5.69 Å². The maximum Gasteiger partial charge on any atom is 0.335 e. The molecule has 2 rings (SSSR count). The number of rotatable bonds is 4. The third-order valence-electron chi connectivity index (χ3n) is 3.26. The zero-order chi connectivity index (χ0) is 14.9. The molecule has 0 fully saturated rings. The zero-order valence-corrected chi connectivity index (χ0v) is 11.5. The van der Waals surface area contributed by atoms with E-state index >= 15 is 0 Å². The van der Waals surface area contributed by atoms with Gasteiger partial charge in [0, 0.05) is 17.0 Å². The van der Waals surface area contributed by atoms with E-state index in [2.05, 4.69) is 0 Å². The number of carboxylic acids is 1. The van der Waals surface area contributed by atoms with E-state index in [9.17, 15) is 9.59 Å². The molecule has 0 amide bonds. The van der Waals surface area contributed by atoms with Crippen LogP contribution < -0.4 is 4.74 Å². The summed E-state index contributed by atoms with van der Waals surface area (Å²) in [6.45, 7) is 3.66. The number of carbonyl (C=O) groups is 2. The number of carboxylic acid groups (broad SMARTS) is 1. The number of benzene rings is 1. The van der Waals surface area contributed by atoms with Gasteiger partial charge in [0.25, 0.3) is 0 Å². The van der Waals surface area contributed by atoms with Crippen molar-refractivity contribution in [1.29, 1.82) is 0 Å². The van der Waals surface area contributed by atoms with Crippen molar-refractivity contribution < 1.29 is 19.4 Å². The van der Waals surface area contributed by atoms with E-state index in [1.54, 1.807) is 12.1 Å². The zero-order valence-electron chi connectivity index (χ0n) is 11.5. The Morgan fingerprint density at radius 1 is 1.30 bits per heavy atom. The molecule has 20 heavy (non-hydrogen) atoms. The van der Waals surface area contributed by atoms with Crippen molar-refractivity contribution in [2.45, 2.75) is 13.8 Å². The molecule has 0 bridgehead atoms. The summed E-state index contributed by atoms with van der Waals surface area (Å²) in [7, 11) is 1.52. The number of aromatic carboxylic acids is 1. The standard InChI is InChI=1S/C15H15NO4/c1-9-6-12(8-17)10(2)16(9)13-7-11(15(18)19)4-5-14(13)20-3/h4-8H,1-3H3,(H,18,19). The lowest BCUT2D eigenvalue weighted by Crippen LogP contribution is -2.05. The van der Waals surface area contributed by atoms with Crippen LogP contribution in [-0.2, 0) is 0 Å². The molecule has 2 aromatic rings. The van der Waals surface area contributed by atoms with Gasteiger partial charge in [-0.3, -0.25) is 4.79 Å². The number of aldehydes is 1. The smallest absolute Gasteiger partial charge is 0.335 e. The van der Waals surface area contributed by atoms with E-state index in [1.165, 1.54) is 19.2 Å².